The number of ether oxygens (including phenoxy) is 1. The summed E-state index contributed by atoms with van der Waals surface area (Å²) in [6.45, 7) is 5.61. The van der Waals surface area contributed by atoms with Gasteiger partial charge in [-0.3, -0.25) is 9.48 Å². The summed E-state index contributed by atoms with van der Waals surface area (Å²) in [6.07, 6.45) is 9.72. The van der Waals surface area contributed by atoms with Crippen molar-refractivity contribution in [1.82, 2.24) is 19.7 Å². The van der Waals surface area contributed by atoms with E-state index in [1.165, 1.54) is 12.8 Å². The summed E-state index contributed by atoms with van der Waals surface area (Å²) in [7, 11) is 0. The number of anilines is 1. The second kappa shape index (κ2) is 7.23. The lowest BCUT2D eigenvalue weighted by molar-refractivity contribution is -0.117. The van der Waals surface area contributed by atoms with E-state index in [1.54, 1.807) is 13.1 Å². The largest absolute Gasteiger partial charge is 0.423 e. The van der Waals surface area contributed by atoms with Crippen LogP contribution in [-0.2, 0) is 11.2 Å². The average Bonchev–Trinajstić information content (AvgIpc) is 3.45. The number of nitrogens with zero attached hydrogens (tertiary/aromatic N) is 5. The standard InChI is InChI=1S/C23H25N5O2/c1-14-10-11-24-23(26-14)30-22-19(17-12-25-27(13-17)18-5-6-18)8-9-21-20(22)7-4-15(2)28(21)16(3)29/h8-13,15,18H,4-7H2,1-3H3/t15-/m0/s1. The predicted molar refractivity (Wildman–Crippen MR) is 114 cm³/mol. The first kappa shape index (κ1) is 18.8. The molecule has 3 heterocycles. The van der Waals surface area contributed by atoms with Crippen LogP contribution in [0.1, 0.15) is 50.4 Å². The highest BCUT2D eigenvalue weighted by atomic mass is 16.5. The molecule has 0 unspecified atom stereocenters. The quantitative estimate of drug-likeness (QED) is 0.643. The molecule has 0 saturated heterocycles. The first-order valence-electron chi connectivity index (χ1n) is 10.5. The molecule has 1 amide bonds. The van der Waals surface area contributed by atoms with E-state index in [4.69, 9.17) is 4.74 Å². The summed E-state index contributed by atoms with van der Waals surface area (Å²) in [6, 6.07) is 6.86. The van der Waals surface area contributed by atoms with Gasteiger partial charge < -0.3 is 9.64 Å². The van der Waals surface area contributed by atoms with Crippen LogP contribution in [-0.4, -0.2) is 31.7 Å². The van der Waals surface area contributed by atoms with Gasteiger partial charge in [0.1, 0.15) is 5.75 Å². The molecule has 3 aromatic rings. The number of aromatic nitrogens is 4. The molecule has 2 aliphatic rings. The van der Waals surface area contributed by atoms with Crippen LogP contribution < -0.4 is 9.64 Å². The summed E-state index contributed by atoms with van der Waals surface area (Å²) >= 11 is 0. The minimum Gasteiger partial charge on any atom is -0.423 e. The minimum absolute atomic E-state index is 0.0375. The normalized spacial score (nSPS) is 18.2. The summed E-state index contributed by atoms with van der Waals surface area (Å²) in [5, 5.41) is 4.55. The molecule has 0 bridgehead atoms. The van der Waals surface area contributed by atoms with Gasteiger partial charge in [0.2, 0.25) is 5.91 Å². The van der Waals surface area contributed by atoms with Crippen LogP contribution >= 0.6 is 0 Å². The number of amides is 1. The van der Waals surface area contributed by atoms with E-state index in [1.807, 2.05) is 40.9 Å². The van der Waals surface area contributed by atoms with Crippen molar-refractivity contribution in [3.63, 3.8) is 0 Å². The zero-order valence-corrected chi connectivity index (χ0v) is 17.5. The molecule has 0 spiro atoms. The molecule has 7 nitrogen and oxygen atoms in total. The Morgan fingerprint density at radius 3 is 2.77 bits per heavy atom. The number of carbonyl (C=O) groups excluding carboxylic acids is 1. The van der Waals surface area contributed by atoms with Crippen molar-refractivity contribution in [2.24, 2.45) is 0 Å². The molecule has 154 valence electrons. The lowest BCUT2D eigenvalue weighted by Crippen LogP contribution is -2.40. The molecular weight excluding hydrogens is 378 g/mol. The van der Waals surface area contributed by atoms with E-state index in [0.29, 0.717) is 17.8 Å². The molecule has 1 atom stereocenters. The van der Waals surface area contributed by atoms with Crippen LogP contribution in [0.3, 0.4) is 0 Å². The third kappa shape index (κ3) is 3.34. The summed E-state index contributed by atoms with van der Waals surface area (Å²) in [4.78, 5) is 23.0. The summed E-state index contributed by atoms with van der Waals surface area (Å²) in [5.74, 6) is 0.752. The molecule has 1 saturated carbocycles. The Labute approximate surface area is 175 Å². The highest BCUT2D eigenvalue weighted by Gasteiger charge is 2.31. The second-order valence-electron chi connectivity index (χ2n) is 8.24. The van der Waals surface area contributed by atoms with Crippen molar-refractivity contribution in [2.75, 3.05) is 4.90 Å². The minimum atomic E-state index is 0.0375. The zero-order valence-electron chi connectivity index (χ0n) is 17.5. The molecule has 7 heteroatoms. The van der Waals surface area contributed by atoms with Gasteiger partial charge in [0.05, 0.1) is 17.9 Å². The average molecular weight is 403 g/mol. The van der Waals surface area contributed by atoms with Crippen LogP contribution in [0.4, 0.5) is 5.69 Å². The Bertz CT molecular complexity index is 1120. The van der Waals surface area contributed by atoms with Gasteiger partial charge in [0, 0.05) is 47.7 Å². The molecule has 30 heavy (non-hydrogen) atoms. The molecule has 0 N–H and O–H groups in total. The topological polar surface area (TPSA) is 73.1 Å². The monoisotopic (exact) mass is 403 g/mol. The maximum Gasteiger partial charge on any atom is 0.322 e. The van der Waals surface area contributed by atoms with Crippen LogP contribution in [0.25, 0.3) is 11.1 Å². The Morgan fingerprint density at radius 1 is 1.20 bits per heavy atom. The van der Waals surface area contributed by atoms with Crippen molar-refractivity contribution >= 4 is 11.6 Å². The molecule has 1 aromatic carbocycles. The lowest BCUT2D eigenvalue weighted by Gasteiger charge is -2.35. The molecular formula is C23H25N5O2. The van der Waals surface area contributed by atoms with Crippen LogP contribution in [0.15, 0.2) is 36.8 Å². The zero-order chi connectivity index (χ0) is 20.8. The maximum absolute atomic E-state index is 12.4. The first-order valence-corrected chi connectivity index (χ1v) is 10.5. The van der Waals surface area contributed by atoms with Gasteiger partial charge in [0.15, 0.2) is 0 Å². The van der Waals surface area contributed by atoms with Crippen molar-refractivity contribution < 1.29 is 9.53 Å². The van der Waals surface area contributed by atoms with E-state index in [0.717, 1.165) is 40.9 Å². The summed E-state index contributed by atoms with van der Waals surface area (Å²) in [5.41, 5.74) is 4.71. The van der Waals surface area contributed by atoms with E-state index in [2.05, 4.69) is 28.2 Å². The smallest absolute Gasteiger partial charge is 0.322 e. The van der Waals surface area contributed by atoms with Crippen LogP contribution in [0, 0.1) is 6.92 Å². The van der Waals surface area contributed by atoms with Crippen molar-refractivity contribution in [2.45, 2.75) is 58.5 Å². The number of fused-ring (bicyclic) bond motifs is 1. The molecule has 2 aromatic heterocycles. The number of hydrogen-bond donors (Lipinski definition) is 0. The van der Waals surface area contributed by atoms with Crippen molar-refractivity contribution in [3.8, 4) is 22.9 Å². The van der Waals surface area contributed by atoms with Gasteiger partial charge in [-0.05, 0) is 57.7 Å². The van der Waals surface area contributed by atoms with Crippen molar-refractivity contribution in [3.05, 3.63) is 48.0 Å². The molecule has 0 radical (unpaired) electrons. The molecule has 1 fully saturated rings. The fraction of sp³-hybridized carbons (Fsp3) is 0.391. The Morgan fingerprint density at radius 2 is 2.03 bits per heavy atom. The predicted octanol–water partition coefficient (Wildman–Crippen LogP) is 4.46. The van der Waals surface area contributed by atoms with Gasteiger partial charge >= 0.3 is 6.01 Å². The Kier molecular flexibility index (Phi) is 4.53. The first-order chi connectivity index (χ1) is 14.5. The van der Waals surface area contributed by atoms with Crippen molar-refractivity contribution in [1.29, 1.82) is 0 Å². The fourth-order valence-electron chi connectivity index (χ4n) is 4.21. The molecule has 5 rings (SSSR count). The van der Waals surface area contributed by atoms with Crippen LogP contribution in [0.2, 0.25) is 0 Å². The SMILES string of the molecule is CC(=O)N1c2ccc(-c3cnn(C4CC4)c3)c(Oc3nccc(C)n3)c2CC[C@@H]1C. The third-order valence-corrected chi connectivity index (χ3v) is 5.89. The van der Waals surface area contributed by atoms with Gasteiger partial charge in [-0.2, -0.15) is 5.10 Å². The highest BCUT2D eigenvalue weighted by molar-refractivity contribution is 5.95. The number of carbonyl (C=O) groups is 1. The number of rotatable bonds is 4. The summed E-state index contributed by atoms with van der Waals surface area (Å²) < 4.78 is 8.33. The number of hydrogen-bond acceptors (Lipinski definition) is 5. The van der Waals surface area contributed by atoms with Crippen LogP contribution in [0.5, 0.6) is 11.8 Å². The maximum atomic E-state index is 12.4. The Balaban J connectivity index is 1.65. The van der Waals surface area contributed by atoms with Gasteiger partial charge in [-0.1, -0.05) is 0 Å². The molecule has 1 aliphatic heterocycles. The van der Waals surface area contributed by atoms with E-state index in [-0.39, 0.29) is 11.9 Å². The lowest BCUT2D eigenvalue weighted by atomic mass is 9.92. The fourth-order valence-corrected chi connectivity index (χ4v) is 4.21. The van der Waals surface area contributed by atoms with Gasteiger partial charge in [-0.25, -0.2) is 9.97 Å². The van der Waals surface area contributed by atoms with E-state index < -0.39 is 0 Å². The van der Waals surface area contributed by atoms with E-state index in [9.17, 15) is 4.79 Å². The Hall–Kier alpha value is -3.22. The second-order valence-corrected chi connectivity index (χ2v) is 8.24. The van der Waals surface area contributed by atoms with E-state index >= 15 is 0 Å². The highest BCUT2D eigenvalue weighted by Crippen LogP contribution is 2.45. The van der Waals surface area contributed by atoms with Gasteiger partial charge in [0.25, 0.3) is 0 Å². The number of aryl methyl sites for hydroxylation is 1. The molecule has 1 aliphatic carbocycles. The van der Waals surface area contributed by atoms with Gasteiger partial charge in [-0.15, -0.1) is 0 Å². The third-order valence-electron chi connectivity index (χ3n) is 5.89. The number of benzene rings is 1.